The first-order chi connectivity index (χ1) is 22.2. The summed E-state index contributed by atoms with van der Waals surface area (Å²) in [6, 6.07) is 9.01. The van der Waals surface area contributed by atoms with E-state index in [1.807, 2.05) is 6.07 Å². The third-order valence-electron chi connectivity index (χ3n) is 6.83. The van der Waals surface area contributed by atoms with E-state index in [0.29, 0.717) is 0 Å². The van der Waals surface area contributed by atoms with Crippen molar-refractivity contribution in [2.75, 3.05) is 6.61 Å². The average Bonchev–Trinajstić information content (AvgIpc) is 2.96. The molecule has 0 spiro atoms. The summed E-state index contributed by atoms with van der Waals surface area (Å²) in [6.07, 6.45) is -13.8. The average molecular weight is 669 g/mol. The zero-order valence-corrected chi connectivity index (χ0v) is 27.1. The summed E-state index contributed by atoms with van der Waals surface area (Å²) >= 11 is 0. The Bertz CT molecular complexity index is 1270. The van der Waals surface area contributed by atoms with E-state index in [2.05, 4.69) is 0 Å². The second kappa shape index (κ2) is 17.2. The zero-order chi connectivity index (χ0) is 34.8. The standard InChI is InChI=1S/C31H40O16/c1-15-24(41-17(3)33)26(43-19(5)35)28(30(40-15)39-13-22-11-9-8-10-12-22)47-31-29(45-21(7)37)27(44-20(6)36)25(42-18(4)34)23(46-31)14-38-16(2)32/h8-12,15,23-31H,13-14H2,1-7H3. The van der Waals surface area contributed by atoms with Gasteiger partial charge in [0.25, 0.3) is 0 Å². The Kier molecular flexibility index (Phi) is 13.6. The lowest BCUT2D eigenvalue weighted by atomic mass is 9.96. The highest BCUT2D eigenvalue weighted by Crippen LogP contribution is 2.35. The van der Waals surface area contributed by atoms with Gasteiger partial charge >= 0.3 is 35.8 Å². The highest BCUT2D eigenvalue weighted by molar-refractivity contribution is 5.69. The van der Waals surface area contributed by atoms with Crippen LogP contribution in [0.5, 0.6) is 0 Å². The minimum Gasteiger partial charge on any atom is -0.463 e. The van der Waals surface area contributed by atoms with E-state index in [4.69, 9.17) is 47.4 Å². The van der Waals surface area contributed by atoms with E-state index >= 15 is 0 Å². The minimum absolute atomic E-state index is 0.00167. The summed E-state index contributed by atoms with van der Waals surface area (Å²) in [5.41, 5.74) is 0.751. The number of hydrogen-bond acceptors (Lipinski definition) is 16. The van der Waals surface area contributed by atoms with Gasteiger partial charge in [0.2, 0.25) is 0 Å². The number of carbonyl (C=O) groups is 6. The topological polar surface area (TPSA) is 195 Å². The van der Waals surface area contributed by atoms with E-state index < -0.39 is 104 Å². The van der Waals surface area contributed by atoms with Gasteiger partial charge in [-0.2, -0.15) is 0 Å². The predicted molar refractivity (Wildman–Crippen MR) is 154 cm³/mol. The molecule has 10 unspecified atom stereocenters. The van der Waals surface area contributed by atoms with Crippen molar-refractivity contribution in [3.8, 4) is 0 Å². The third kappa shape index (κ3) is 11.0. The molecule has 10 atom stereocenters. The number of esters is 6. The summed E-state index contributed by atoms with van der Waals surface area (Å²) < 4.78 is 57.1. The quantitative estimate of drug-likeness (QED) is 0.228. The van der Waals surface area contributed by atoms with Crippen LogP contribution in [0.4, 0.5) is 0 Å². The molecule has 2 fully saturated rings. The molecule has 0 amide bonds. The van der Waals surface area contributed by atoms with Crippen LogP contribution in [0.25, 0.3) is 0 Å². The normalized spacial score (nSPS) is 30.3. The lowest BCUT2D eigenvalue weighted by molar-refractivity contribution is -0.367. The second-order valence-electron chi connectivity index (χ2n) is 10.8. The summed E-state index contributed by atoms with van der Waals surface area (Å²) in [6.45, 7) is 7.74. The maximum atomic E-state index is 12.3. The maximum Gasteiger partial charge on any atom is 0.303 e. The number of benzene rings is 1. The van der Waals surface area contributed by atoms with Crippen LogP contribution < -0.4 is 0 Å². The fourth-order valence-electron chi connectivity index (χ4n) is 5.14. The Balaban J connectivity index is 2.10. The Morgan fingerprint density at radius 3 is 1.60 bits per heavy atom. The number of ether oxygens (including phenoxy) is 10. The molecule has 3 rings (SSSR count). The molecule has 1 aromatic carbocycles. The molecular formula is C31H40O16. The molecule has 16 nitrogen and oxygen atoms in total. The first-order valence-electron chi connectivity index (χ1n) is 14.8. The molecule has 2 saturated heterocycles. The molecule has 0 aliphatic carbocycles. The number of rotatable bonds is 12. The van der Waals surface area contributed by atoms with Crippen molar-refractivity contribution in [2.45, 2.75) is 116 Å². The molecule has 0 aromatic heterocycles. The Morgan fingerprint density at radius 2 is 1.06 bits per heavy atom. The maximum absolute atomic E-state index is 12.3. The van der Waals surface area contributed by atoms with E-state index in [1.165, 1.54) is 0 Å². The minimum atomic E-state index is -1.68. The van der Waals surface area contributed by atoms with Gasteiger partial charge in [0.15, 0.2) is 49.2 Å². The summed E-state index contributed by atoms with van der Waals surface area (Å²) in [4.78, 5) is 72.8. The van der Waals surface area contributed by atoms with E-state index in [-0.39, 0.29) is 6.61 Å². The number of hydrogen-bond donors (Lipinski definition) is 0. The Labute approximate surface area is 271 Å². The van der Waals surface area contributed by atoms with Crippen LogP contribution in [0.1, 0.15) is 54.0 Å². The molecule has 260 valence electrons. The van der Waals surface area contributed by atoms with Crippen molar-refractivity contribution < 1.29 is 76.1 Å². The third-order valence-corrected chi connectivity index (χ3v) is 6.83. The van der Waals surface area contributed by atoms with Crippen LogP contribution in [-0.4, -0.2) is 104 Å². The fraction of sp³-hybridized carbons (Fsp3) is 0.613. The van der Waals surface area contributed by atoms with Crippen LogP contribution in [0.2, 0.25) is 0 Å². The van der Waals surface area contributed by atoms with E-state index in [9.17, 15) is 28.8 Å². The van der Waals surface area contributed by atoms with Gasteiger partial charge in [-0.25, -0.2) is 0 Å². The van der Waals surface area contributed by atoms with Gasteiger partial charge in [0.1, 0.15) is 12.7 Å². The van der Waals surface area contributed by atoms with Gasteiger partial charge in [0.05, 0.1) is 12.7 Å². The molecule has 0 saturated carbocycles. The molecule has 47 heavy (non-hydrogen) atoms. The molecule has 2 aliphatic rings. The van der Waals surface area contributed by atoms with Crippen molar-refractivity contribution >= 4 is 35.8 Å². The van der Waals surface area contributed by atoms with Gasteiger partial charge in [0, 0.05) is 41.5 Å². The second-order valence-corrected chi connectivity index (χ2v) is 10.8. The van der Waals surface area contributed by atoms with Crippen LogP contribution in [0.15, 0.2) is 30.3 Å². The van der Waals surface area contributed by atoms with Crippen LogP contribution in [0, 0.1) is 0 Å². The first kappa shape index (κ1) is 37.3. The number of carbonyl (C=O) groups excluding carboxylic acids is 6. The predicted octanol–water partition coefficient (Wildman–Crippen LogP) is 1.28. The molecule has 2 heterocycles. The molecule has 0 bridgehead atoms. The van der Waals surface area contributed by atoms with Crippen molar-refractivity contribution in [1.29, 1.82) is 0 Å². The SMILES string of the molecule is CC(=O)OCC1OC(OC2C(OCc3ccccc3)OC(C)C(OC(C)=O)C2OC(C)=O)C(OC(C)=O)C(OC(C)=O)C1OC(C)=O. The van der Waals surface area contributed by atoms with Crippen molar-refractivity contribution in [3.63, 3.8) is 0 Å². The smallest absolute Gasteiger partial charge is 0.303 e. The van der Waals surface area contributed by atoms with Gasteiger partial charge < -0.3 is 47.4 Å². The molecule has 2 aliphatic heterocycles. The van der Waals surface area contributed by atoms with Crippen molar-refractivity contribution in [3.05, 3.63) is 35.9 Å². The van der Waals surface area contributed by atoms with Crippen LogP contribution in [0.3, 0.4) is 0 Å². The summed E-state index contributed by atoms with van der Waals surface area (Å²) in [5, 5.41) is 0. The first-order valence-corrected chi connectivity index (χ1v) is 14.8. The highest BCUT2D eigenvalue weighted by atomic mass is 16.8. The van der Waals surface area contributed by atoms with Crippen LogP contribution >= 0.6 is 0 Å². The summed E-state index contributed by atoms with van der Waals surface area (Å²) in [7, 11) is 0. The van der Waals surface area contributed by atoms with Crippen molar-refractivity contribution in [1.82, 2.24) is 0 Å². The monoisotopic (exact) mass is 668 g/mol. The molecule has 16 heteroatoms. The molecular weight excluding hydrogens is 628 g/mol. The van der Waals surface area contributed by atoms with Gasteiger partial charge in [-0.05, 0) is 12.5 Å². The lowest BCUT2D eigenvalue weighted by Gasteiger charge is -2.48. The van der Waals surface area contributed by atoms with Gasteiger partial charge in [-0.1, -0.05) is 30.3 Å². The van der Waals surface area contributed by atoms with E-state index in [1.54, 1.807) is 31.2 Å². The highest BCUT2D eigenvalue weighted by Gasteiger charge is 2.57. The largest absolute Gasteiger partial charge is 0.463 e. The van der Waals surface area contributed by atoms with Gasteiger partial charge in [-0.3, -0.25) is 28.8 Å². The lowest BCUT2D eigenvalue weighted by Crippen LogP contribution is -2.66. The van der Waals surface area contributed by atoms with Crippen LogP contribution in [-0.2, 0) is 82.7 Å². The molecule has 0 radical (unpaired) electrons. The Morgan fingerprint density at radius 1 is 0.574 bits per heavy atom. The zero-order valence-electron chi connectivity index (χ0n) is 27.1. The summed E-state index contributed by atoms with van der Waals surface area (Å²) in [5.74, 6) is -4.70. The van der Waals surface area contributed by atoms with Crippen molar-refractivity contribution in [2.24, 2.45) is 0 Å². The van der Waals surface area contributed by atoms with Gasteiger partial charge in [-0.15, -0.1) is 0 Å². The Hall–Kier alpha value is -4.12. The van der Waals surface area contributed by atoms with E-state index in [0.717, 1.165) is 47.1 Å². The molecule has 1 aromatic rings. The molecule has 0 N–H and O–H groups in total. The fourth-order valence-corrected chi connectivity index (χ4v) is 5.14.